The highest BCUT2D eigenvalue weighted by molar-refractivity contribution is 8.05. The summed E-state index contributed by atoms with van der Waals surface area (Å²) in [4.78, 5) is 4.15. The van der Waals surface area contributed by atoms with Crippen LogP contribution in [0.4, 0.5) is 4.39 Å². The van der Waals surface area contributed by atoms with E-state index in [1.165, 1.54) is 6.07 Å². The van der Waals surface area contributed by atoms with Gasteiger partial charge in [-0.2, -0.15) is 5.01 Å². The molecule has 0 radical (unpaired) electrons. The number of hydrogen-bond acceptors (Lipinski definition) is 5. The Balaban J connectivity index is 1.89. The zero-order valence-electron chi connectivity index (χ0n) is 10.4. The van der Waals surface area contributed by atoms with Crippen molar-refractivity contribution in [3.8, 4) is 0 Å². The monoisotopic (exact) mass is 283 g/mol. The highest BCUT2D eigenvalue weighted by Crippen LogP contribution is 2.38. The zero-order valence-corrected chi connectivity index (χ0v) is 11.2. The van der Waals surface area contributed by atoms with Gasteiger partial charge in [0.25, 0.3) is 0 Å². The van der Waals surface area contributed by atoms with Crippen molar-refractivity contribution in [3.05, 3.63) is 35.6 Å². The lowest BCUT2D eigenvalue weighted by Gasteiger charge is -2.24. The first-order valence-electron chi connectivity index (χ1n) is 6.04. The quantitative estimate of drug-likeness (QED) is 0.841. The third-order valence-corrected chi connectivity index (χ3v) is 4.36. The van der Waals surface area contributed by atoms with E-state index in [4.69, 9.17) is 0 Å². The van der Waals surface area contributed by atoms with Crippen LogP contribution < -0.4 is 5.43 Å². The van der Waals surface area contributed by atoms with Gasteiger partial charge in [-0.1, -0.05) is 18.2 Å². The second-order valence-corrected chi connectivity index (χ2v) is 6.75. The molecule has 0 spiro atoms. The third-order valence-electron chi connectivity index (χ3n) is 3.46. The van der Waals surface area contributed by atoms with Crippen LogP contribution in [0.15, 0.2) is 29.3 Å². The van der Waals surface area contributed by atoms with Crippen molar-refractivity contribution in [1.29, 1.82) is 0 Å². The van der Waals surface area contributed by atoms with Crippen molar-refractivity contribution < 1.29 is 12.8 Å². The van der Waals surface area contributed by atoms with Gasteiger partial charge in [0.2, 0.25) is 15.0 Å². The molecule has 2 aliphatic heterocycles. The van der Waals surface area contributed by atoms with Gasteiger partial charge in [-0.3, -0.25) is 5.43 Å². The summed E-state index contributed by atoms with van der Waals surface area (Å²) in [6, 6.07) is 6.37. The van der Waals surface area contributed by atoms with Crippen molar-refractivity contribution in [2.45, 2.75) is 25.0 Å². The lowest BCUT2D eigenvalue weighted by atomic mass is 10.0. The molecule has 2 heterocycles. The Morgan fingerprint density at radius 3 is 2.79 bits per heavy atom. The van der Waals surface area contributed by atoms with Crippen LogP contribution >= 0.6 is 0 Å². The minimum absolute atomic E-state index is 0.0291. The van der Waals surface area contributed by atoms with E-state index in [1.54, 1.807) is 23.2 Å². The average molecular weight is 283 g/mol. The smallest absolute Gasteiger partial charge is 0.232 e. The van der Waals surface area contributed by atoms with Crippen molar-refractivity contribution in [1.82, 2.24) is 10.4 Å². The molecule has 0 unspecified atom stereocenters. The molecule has 19 heavy (non-hydrogen) atoms. The molecule has 1 fully saturated rings. The first-order valence-corrected chi connectivity index (χ1v) is 7.93. The average Bonchev–Trinajstić information content (AvgIpc) is 2.88. The molecular formula is C12H14FN3O2S. The van der Waals surface area contributed by atoms with Crippen molar-refractivity contribution in [2.24, 2.45) is 4.99 Å². The maximum absolute atomic E-state index is 13.8. The Bertz CT molecular complexity index is 644. The number of benzene rings is 1. The molecule has 102 valence electrons. The molecule has 7 heteroatoms. The van der Waals surface area contributed by atoms with E-state index in [9.17, 15) is 12.8 Å². The van der Waals surface area contributed by atoms with Gasteiger partial charge in [-0.05, 0) is 18.9 Å². The lowest BCUT2D eigenvalue weighted by Crippen LogP contribution is -2.41. The third kappa shape index (κ3) is 2.12. The van der Waals surface area contributed by atoms with E-state index < -0.39 is 9.84 Å². The molecule has 0 saturated carbocycles. The molecule has 1 aromatic rings. The fourth-order valence-corrected chi connectivity index (χ4v) is 3.16. The molecule has 5 nitrogen and oxygen atoms in total. The summed E-state index contributed by atoms with van der Waals surface area (Å²) in [6.45, 7) is 0. The van der Waals surface area contributed by atoms with E-state index in [0.29, 0.717) is 12.0 Å². The van der Waals surface area contributed by atoms with Crippen LogP contribution in [0.25, 0.3) is 0 Å². The summed E-state index contributed by atoms with van der Waals surface area (Å²) in [6.07, 6.45) is 2.35. The summed E-state index contributed by atoms with van der Waals surface area (Å²) in [5.74, 6) is -0.275. The van der Waals surface area contributed by atoms with E-state index in [2.05, 4.69) is 10.4 Å². The summed E-state index contributed by atoms with van der Waals surface area (Å²) < 4.78 is 36.8. The number of nitrogens with one attached hydrogen (secondary N) is 1. The Labute approximate surface area is 111 Å². The van der Waals surface area contributed by atoms with Crippen molar-refractivity contribution in [3.63, 3.8) is 0 Å². The van der Waals surface area contributed by atoms with Crippen LogP contribution in [0, 0.1) is 5.82 Å². The van der Waals surface area contributed by atoms with Gasteiger partial charge < -0.3 is 0 Å². The van der Waals surface area contributed by atoms with Crippen LogP contribution in [0.3, 0.4) is 0 Å². The van der Waals surface area contributed by atoms with Crippen LogP contribution in [-0.2, 0) is 9.84 Å². The van der Waals surface area contributed by atoms with Crippen LogP contribution in [0.5, 0.6) is 0 Å². The van der Waals surface area contributed by atoms with Crippen LogP contribution in [-0.4, -0.2) is 31.0 Å². The summed E-state index contributed by atoms with van der Waals surface area (Å²) >= 11 is 0. The number of halogens is 1. The summed E-state index contributed by atoms with van der Waals surface area (Å²) in [5.41, 5.74) is 3.37. The minimum atomic E-state index is -3.36. The van der Waals surface area contributed by atoms with Crippen LogP contribution in [0.1, 0.15) is 24.4 Å². The predicted molar refractivity (Wildman–Crippen MR) is 69.4 cm³/mol. The summed E-state index contributed by atoms with van der Waals surface area (Å²) in [5, 5.41) is 1.70. The normalized spacial score (nSPS) is 26.9. The zero-order chi connectivity index (χ0) is 13.6. The molecule has 1 aromatic carbocycles. The molecule has 1 N–H and O–H groups in total. The molecule has 0 amide bonds. The highest BCUT2D eigenvalue weighted by atomic mass is 32.2. The first kappa shape index (κ1) is 12.6. The van der Waals surface area contributed by atoms with Crippen molar-refractivity contribution in [2.75, 3.05) is 6.26 Å². The second kappa shape index (κ2) is 4.28. The number of nitrogens with zero attached hydrogens (tertiary/aromatic N) is 2. The number of hydrazine groups is 1. The number of hydrogen-bond donors (Lipinski definition) is 1. The molecule has 0 bridgehead atoms. The topological polar surface area (TPSA) is 61.8 Å². The number of aliphatic imine (C=N–C) groups is 1. The van der Waals surface area contributed by atoms with E-state index in [0.717, 1.165) is 12.7 Å². The molecule has 0 aliphatic carbocycles. The number of sulfone groups is 1. The van der Waals surface area contributed by atoms with Gasteiger partial charge in [0.15, 0.2) is 0 Å². The highest BCUT2D eigenvalue weighted by Gasteiger charge is 2.41. The predicted octanol–water partition coefficient (Wildman–Crippen LogP) is 1.21. The fourth-order valence-electron chi connectivity index (χ4n) is 2.58. The second-order valence-electron chi connectivity index (χ2n) is 4.82. The fraction of sp³-hybridized carbons (Fsp3) is 0.417. The van der Waals surface area contributed by atoms with E-state index in [-0.39, 0.29) is 23.2 Å². The van der Waals surface area contributed by atoms with Crippen LogP contribution in [0.2, 0.25) is 0 Å². The maximum atomic E-state index is 13.8. The molecule has 2 aliphatic rings. The maximum Gasteiger partial charge on any atom is 0.232 e. The molecule has 0 aromatic heterocycles. The van der Waals surface area contributed by atoms with Gasteiger partial charge in [-0.25, -0.2) is 17.8 Å². The number of rotatable bonds is 1. The van der Waals surface area contributed by atoms with Gasteiger partial charge in [0.1, 0.15) is 12.0 Å². The van der Waals surface area contributed by atoms with Gasteiger partial charge in [-0.15, -0.1) is 0 Å². The Morgan fingerprint density at radius 2 is 2.11 bits per heavy atom. The van der Waals surface area contributed by atoms with E-state index >= 15 is 0 Å². The Kier molecular flexibility index (Phi) is 2.83. The minimum Gasteiger partial charge on any atom is -0.291 e. The standard InChI is InChI=1S/C12H14FN3O2S/c1-19(17,18)12-14-11-7-6-10(16(11)15-12)8-4-2-3-5-9(8)13/h2-5,10-11H,6-7H2,1H3,(H,14,15)/t10-,11-/m0/s1. The molecule has 2 atom stereocenters. The Morgan fingerprint density at radius 1 is 1.37 bits per heavy atom. The SMILES string of the molecule is CS(=O)(=O)C1=N[C@@H]2CC[C@@H](c3ccccc3F)N2N1. The molecule has 1 saturated heterocycles. The number of fused-ring (bicyclic) bond motifs is 1. The lowest BCUT2D eigenvalue weighted by molar-refractivity contribution is 0.180. The largest absolute Gasteiger partial charge is 0.291 e. The Hall–Kier alpha value is -1.47. The first-order chi connectivity index (χ1) is 8.97. The van der Waals surface area contributed by atoms with E-state index in [1.807, 2.05) is 0 Å². The summed E-state index contributed by atoms with van der Waals surface area (Å²) in [7, 11) is -3.36. The molecule has 3 rings (SSSR count). The number of amidine groups is 1. The van der Waals surface area contributed by atoms with Gasteiger partial charge in [0.05, 0.1) is 6.04 Å². The molecular weight excluding hydrogens is 269 g/mol. The van der Waals surface area contributed by atoms with Gasteiger partial charge >= 0.3 is 0 Å². The van der Waals surface area contributed by atoms with Gasteiger partial charge in [0, 0.05) is 11.8 Å². The van der Waals surface area contributed by atoms with Crippen molar-refractivity contribution >= 4 is 15.0 Å².